The van der Waals surface area contributed by atoms with Crippen LogP contribution in [-0.4, -0.2) is 41.6 Å². The predicted octanol–water partition coefficient (Wildman–Crippen LogP) is 3.54. The second-order valence-electron chi connectivity index (χ2n) is 8.04. The lowest BCUT2D eigenvalue weighted by molar-refractivity contribution is -0.123. The predicted molar refractivity (Wildman–Crippen MR) is 118 cm³/mol. The van der Waals surface area contributed by atoms with Crippen LogP contribution < -0.4 is 16.0 Å². The monoisotopic (exact) mass is 423 g/mol. The van der Waals surface area contributed by atoms with E-state index in [2.05, 4.69) is 16.0 Å². The lowest BCUT2D eigenvalue weighted by atomic mass is 10.1. The Labute approximate surface area is 177 Å². The molecule has 0 aromatic heterocycles. The summed E-state index contributed by atoms with van der Waals surface area (Å²) in [6, 6.07) is 6.61. The molecule has 1 atom stereocenters. The van der Waals surface area contributed by atoms with Gasteiger partial charge in [0.05, 0.1) is 0 Å². The Kier molecular flexibility index (Phi) is 10.0. The van der Waals surface area contributed by atoms with Gasteiger partial charge in [0.2, 0.25) is 11.8 Å². The van der Waals surface area contributed by atoms with Gasteiger partial charge >= 0.3 is 6.09 Å². The Morgan fingerprint density at radius 2 is 1.69 bits per heavy atom. The van der Waals surface area contributed by atoms with Crippen molar-refractivity contribution in [1.29, 1.82) is 0 Å². The molecule has 7 nitrogen and oxygen atoms in total. The third-order valence-corrected chi connectivity index (χ3v) is 4.47. The molecule has 0 saturated heterocycles. The molecule has 0 radical (unpaired) electrons. The SMILES string of the molecule is CSCC[C@H](NC(=O)OC(C)(C)C)C(=O)NCc1ccc(NC(=O)C(C)C)cc1. The fraction of sp³-hybridized carbons (Fsp3) is 0.571. The maximum absolute atomic E-state index is 12.6. The van der Waals surface area contributed by atoms with Crippen LogP contribution in [-0.2, 0) is 20.9 Å². The second-order valence-corrected chi connectivity index (χ2v) is 9.02. The van der Waals surface area contributed by atoms with Gasteiger partial charge in [0, 0.05) is 18.2 Å². The fourth-order valence-corrected chi connectivity index (χ4v) is 2.73. The highest BCUT2D eigenvalue weighted by Crippen LogP contribution is 2.12. The smallest absolute Gasteiger partial charge is 0.408 e. The summed E-state index contributed by atoms with van der Waals surface area (Å²) in [5.74, 6) is 0.334. The standard InChI is InChI=1S/C21H33N3O4S/c1-14(2)18(25)23-16-9-7-15(8-10-16)13-22-19(26)17(11-12-29-6)24-20(27)28-21(3,4)5/h7-10,14,17H,11-13H2,1-6H3,(H,22,26)(H,23,25)(H,24,27)/t17-/m0/s1. The summed E-state index contributed by atoms with van der Waals surface area (Å²) in [5, 5.41) is 8.33. The molecule has 0 bridgehead atoms. The van der Waals surface area contributed by atoms with E-state index >= 15 is 0 Å². The number of hydrogen-bond acceptors (Lipinski definition) is 5. The Morgan fingerprint density at radius 1 is 1.07 bits per heavy atom. The van der Waals surface area contributed by atoms with Crippen molar-refractivity contribution in [3.63, 3.8) is 0 Å². The number of rotatable bonds is 9. The number of ether oxygens (including phenoxy) is 1. The van der Waals surface area contributed by atoms with Gasteiger partial charge in [0.15, 0.2) is 0 Å². The Bertz CT molecular complexity index is 684. The van der Waals surface area contributed by atoms with Gasteiger partial charge in [-0.1, -0.05) is 26.0 Å². The van der Waals surface area contributed by atoms with E-state index in [0.717, 1.165) is 11.3 Å². The summed E-state index contributed by atoms with van der Waals surface area (Å²) in [5.41, 5.74) is 0.974. The van der Waals surface area contributed by atoms with Crippen LogP contribution in [0, 0.1) is 5.92 Å². The zero-order valence-electron chi connectivity index (χ0n) is 18.1. The van der Waals surface area contributed by atoms with Crippen molar-refractivity contribution in [3.8, 4) is 0 Å². The summed E-state index contributed by atoms with van der Waals surface area (Å²) in [6.07, 6.45) is 1.85. The van der Waals surface area contributed by atoms with Gasteiger partial charge in [-0.25, -0.2) is 4.79 Å². The van der Waals surface area contributed by atoms with E-state index in [0.29, 0.717) is 18.7 Å². The Morgan fingerprint density at radius 3 is 2.21 bits per heavy atom. The number of benzene rings is 1. The van der Waals surface area contributed by atoms with Crippen LogP contribution in [0.2, 0.25) is 0 Å². The van der Waals surface area contributed by atoms with Crippen molar-refractivity contribution in [3.05, 3.63) is 29.8 Å². The number of nitrogens with one attached hydrogen (secondary N) is 3. The zero-order chi connectivity index (χ0) is 22.0. The number of anilines is 1. The highest BCUT2D eigenvalue weighted by molar-refractivity contribution is 7.98. The van der Waals surface area contributed by atoms with E-state index in [-0.39, 0.29) is 17.7 Å². The van der Waals surface area contributed by atoms with Crippen LogP contribution in [0.3, 0.4) is 0 Å². The van der Waals surface area contributed by atoms with Crippen molar-refractivity contribution in [2.45, 2.75) is 59.2 Å². The molecular formula is C21H33N3O4S. The van der Waals surface area contributed by atoms with Gasteiger partial charge in [-0.15, -0.1) is 0 Å². The van der Waals surface area contributed by atoms with Gasteiger partial charge in [-0.2, -0.15) is 11.8 Å². The van der Waals surface area contributed by atoms with Gasteiger partial charge in [0.1, 0.15) is 11.6 Å². The number of thioether (sulfide) groups is 1. The minimum Gasteiger partial charge on any atom is -0.444 e. The Hall–Kier alpha value is -2.22. The summed E-state index contributed by atoms with van der Waals surface area (Å²) in [4.78, 5) is 36.3. The second kappa shape index (κ2) is 11.7. The first kappa shape index (κ1) is 24.8. The highest BCUT2D eigenvalue weighted by atomic mass is 32.2. The first-order valence-corrected chi connectivity index (χ1v) is 11.1. The van der Waals surface area contributed by atoms with Gasteiger partial charge < -0.3 is 20.7 Å². The fourth-order valence-electron chi connectivity index (χ4n) is 2.26. The largest absolute Gasteiger partial charge is 0.444 e. The number of carbonyl (C=O) groups excluding carboxylic acids is 3. The van der Waals surface area contributed by atoms with E-state index in [9.17, 15) is 14.4 Å². The van der Waals surface area contributed by atoms with E-state index in [1.807, 2.05) is 32.2 Å². The van der Waals surface area contributed by atoms with Gasteiger partial charge in [-0.05, 0) is 56.9 Å². The molecule has 0 saturated carbocycles. The molecule has 0 spiro atoms. The molecule has 3 N–H and O–H groups in total. The third-order valence-electron chi connectivity index (χ3n) is 3.83. The molecule has 1 aromatic rings. The number of hydrogen-bond donors (Lipinski definition) is 3. The van der Waals surface area contributed by atoms with E-state index in [4.69, 9.17) is 4.74 Å². The third kappa shape index (κ3) is 10.2. The zero-order valence-corrected chi connectivity index (χ0v) is 18.9. The molecule has 29 heavy (non-hydrogen) atoms. The summed E-state index contributed by atoms with van der Waals surface area (Å²) >= 11 is 1.60. The maximum atomic E-state index is 12.6. The molecular weight excluding hydrogens is 390 g/mol. The molecule has 0 fully saturated rings. The van der Waals surface area contributed by atoms with Crippen molar-refractivity contribution < 1.29 is 19.1 Å². The molecule has 0 aliphatic heterocycles. The molecule has 1 aromatic carbocycles. The quantitative estimate of drug-likeness (QED) is 0.564. The van der Waals surface area contributed by atoms with Crippen molar-refractivity contribution >= 4 is 35.4 Å². The maximum Gasteiger partial charge on any atom is 0.408 e. The highest BCUT2D eigenvalue weighted by Gasteiger charge is 2.23. The summed E-state index contributed by atoms with van der Waals surface area (Å²) in [7, 11) is 0. The molecule has 1 rings (SSSR count). The van der Waals surface area contributed by atoms with E-state index < -0.39 is 17.7 Å². The normalized spacial score (nSPS) is 12.2. The molecule has 8 heteroatoms. The van der Waals surface area contributed by atoms with Gasteiger partial charge in [-0.3, -0.25) is 9.59 Å². The van der Waals surface area contributed by atoms with Crippen LogP contribution >= 0.6 is 11.8 Å². The van der Waals surface area contributed by atoms with Crippen LogP contribution in [0.5, 0.6) is 0 Å². The number of carbonyl (C=O) groups is 3. The van der Waals surface area contributed by atoms with Gasteiger partial charge in [0.25, 0.3) is 0 Å². The minimum atomic E-state index is -0.665. The minimum absolute atomic E-state index is 0.0455. The van der Waals surface area contributed by atoms with E-state index in [1.54, 1.807) is 44.7 Å². The van der Waals surface area contributed by atoms with Crippen LogP contribution in [0.15, 0.2) is 24.3 Å². The molecule has 0 aliphatic carbocycles. The topological polar surface area (TPSA) is 96.5 Å². The van der Waals surface area contributed by atoms with Crippen LogP contribution in [0.1, 0.15) is 46.6 Å². The molecule has 0 aliphatic rings. The first-order valence-electron chi connectivity index (χ1n) is 9.67. The lowest BCUT2D eigenvalue weighted by Crippen LogP contribution is -2.48. The van der Waals surface area contributed by atoms with E-state index in [1.165, 1.54) is 0 Å². The molecule has 0 unspecified atom stereocenters. The lowest BCUT2D eigenvalue weighted by Gasteiger charge is -2.23. The van der Waals surface area contributed by atoms with Crippen molar-refractivity contribution in [2.75, 3.05) is 17.3 Å². The average molecular weight is 424 g/mol. The summed E-state index contributed by atoms with van der Waals surface area (Å²) < 4.78 is 5.25. The van der Waals surface area contributed by atoms with Crippen molar-refractivity contribution in [1.82, 2.24) is 10.6 Å². The number of amides is 3. The van der Waals surface area contributed by atoms with Crippen LogP contribution in [0.25, 0.3) is 0 Å². The Balaban J connectivity index is 2.63. The molecule has 3 amide bonds. The number of alkyl carbamates (subject to hydrolysis) is 1. The molecule has 0 heterocycles. The first-order chi connectivity index (χ1) is 13.5. The summed E-state index contributed by atoms with van der Waals surface area (Å²) in [6.45, 7) is 9.31. The van der Waals surface area contributed by atoms with Crippen LogP contribution in [0.4, 0.5) is 10.5 Å². The van der Waals surface area contributed by atoms with Crippen molar-refractivity contribution in [2.24, 2.45) is 5.92 Å². The molecule has 162 valence electrons. The average Bonchev–Trinajstić information content (AvgIpc) is 2.62.